The summed E-state index contributed by atoms with van der Waals surface area (Å²) < 4.78 is 0. The van der Waals surface area contributed by atoms with Gasteiger partial charge >= 0.3 is 0 Å². The maximum atomic E-state index is 6.04. The summed E-state index contributed by atoms with van der Waals surface area (Å²) in [4.78, 5) is 11.0. The van der Waals surface area contributed by atoms with Gasteiger partial charge in [0.2, 0.25) is 5.28 Å². The number of rotatable bonds is 2. The molecule has 1 unspecified atom stereocenters. The number of nitrogens with zero attached hydrogens (tertiary/aromatic N) is 4. The minimum Gasteiger partial charge on any atom is -0.353 e. The molecule has 1 atom stereocenters. The number of fused-ring (bicyclic) bond motifs is 1. The van der Waals surface area contributed by atoms with Gasteiger partial charge in [-0.3, -0.25) is 5.10 Å². The lowest BCUT2D eigenvalue weighted by atomic mass is 10.1. The van der Waals surface area contributed by atoms with Gasteiger partial charge in [-0.2, -0.15) is 15.1 Å². The molecule has 1 saturated heterocycles. The smallest absolute Gasteiger partial charge is 0.226 e. The van der Waals surface area contributed by atoms with Crippen LogP contribution in [0.4, 0.5) is 5.82 Å². The number of hydrogen-bond donors (Lipinski definition) is 1. The molecular weight excluding hydrogens is 262 g/mol. The monoisotopic (exact) mass is 279 g/mol. The van der Waals surface area contributed by atoms with Crippen molar-refractivity contribution in [2.75, 3.05) is 11.4 Å². The summed E-state index contributed by atoms with van der Waals surface area (Å²) in [5.41, 5.74) is 0.717. The molecule has 0 amide bonds. The van der Waals surface area contributed by atoms with Crippen LogP contribution >= 0.6 is 11.6 Å². The first-order chi connectivity index (χ1) is 9.29. The van der Waals surface area contributed by atoms with Crippen LogP contribution in [0, 0.1) is 0 Å². The van der Waals surface area contributed by atoms with Gasteiger partial charge in [-0.05, 0) is 30.9 Å². The van der Waals surface area contributed by atoms with Crippen LogP contribution in [0.25, 0.3) is 11.0 Å². The van der Waals surface area contributed by atoms with Crippen molar-refractivity contribution >= 4 is 28.5 Å². The Labute approximate surface area is 117 Å². The van der Waals surface area contributed by atoms with Crippen molar-refractivity contribution in [2.24, 2.45) is 0 Å². The summed E-state index contributed by atoms with van der Waals surface area (Å²) in [5.74, 6) is 0.928. The average Bonchev–Trinajstić information content (AvgIpc) is 2.74. The van der Waals surface area contributed by atoms with Crippen molar-refractivity contribution in [1.82, 2.24) is 20.2 Å². The Hall–Kier alpha value is -1.36. The molecule has 2 aromatic rings. The van der Waals surface area contributed by atoms with Gasteiger partial charge in [0.05, 0.1) is 11.6 Å². The zero-order valence-corrected chi connectivity index (χ0v) is 11.8. The van der Waals surface area contributed by atoms with Crippen molar-refractivity contribution in [2.45, 2.75) is 45.1 Å². The predicted molar refractivity (Wildman–Crippen MR) is 76.6 cm³/mol. The van der Waals surface area contributed by atoms with E-state index in [0.29, 0.717) is 11.7 Å². The average molecular weight is 280 g/mol. The summed E-state index contributed by atoms with van der Waals surface area (Å²) in [5, 5.41) is 8.18. The second-order valence-corrected chi connectivity index (χ2v) is 5.39. The lowest BCUT2D eigenvalue weighted by molar-refractivity contribution is 0.553. The Morgan fingerprint density at radius 2 is 2.26 bits per heavy atom. The van der Waals surface area contributed by atoms with E-state index in [4.69, 9.17) is 11.6 Å². The molecule has 0 aromatic carbocycles. The molecule has 0 bridgehead atoms. The van der Waals surface area contributed by atoms with Crippen molar-refractivity contribution in [3.05, 3.63) is 11.5 Å². The van der Waals surface area contributed by atoms with Crippen molar-refractivity contribution < 1.29 is 0 Å². The third-order valence-electron chi connectivity index (χ3n) is 3.88. The number of aromatic nitrogens is 4. The number of halogens is 1. The van der Waals surface area contributed by atoms with Gasteiger partial charge < -0.3 is 4.90 Å². The largest absolute Gasteiger partial charge is 0.353 e. The molecule has 0 aliphatic carbocycles. The summed E-state index contributed by atoms with van der Waals surface area (Å²) in [6.45, 7) is 3.27. The Balaban J connectivity index is 2.07. The highest BCUT2D eigenvalue weighted by atomic mass is 35.5. The quantitative estimate of drug-likeness (QED) is 0.858. The first-order valence-corrected chi connectivity index (χ1v) is 7.30. The van der Waals surface area contributed by atoms with E-state index in [-0.39, 0.29) is 5.28 Å². The Kier molecular flexibility index (Phi) is 3.55. The third kappa shape index (κ3) is 2.39. The normalized spacial score (nSPS) is 20.7. The number of H-pyrrole nitrogens is 1. The summed E-state index contributed by atoms with van der Waals surface area (Å²) in [6, 6.07) is 0.534. The molecular formula is C13H18ClN5. The molecule has 6 heteroatoms. The van der Waals surface area contributed by atoms with Crippen LogP contribution in [0.2, 0.25) is 5.28 Å². The zero-order chi connectivity index (χ0) is 13.2. The van der Waals surface area contributed by atoms with Crippen LogP contribution in [0.15, 0.2) is 6.20 Å². The molecule has 0 spiro atoms. The van der Waals surface area contributed by atoms with Crippen LogP contribution in [-0.2, 0) is 0 Å². The summed E-state index contributed by atoms with van der Waals surface area (Å²) >= 11 is 6.04. The molecule has 19 heavy (non-hydrogen) atoms. The van der Waals surface area contributed by atoms with E-state index < -0.39 is 0 Å². The number of hydrogen-bond acceptors (Lipinski definition) is 4. The Morgan fingerprint density at radius 1 is 1.37 bits per heavy atom. The topological polar surface area (TPSA) is 57.7 Å². The lowest BCUT2D eigenvalue weighted by Gasteiger charge is -2.30. The molecule has 1 N–H and O–H groups in total. The van der Waals surface area contributed by atoms with Gasteiger partial charge in [-0.15, -0.1) is 0 Å². The van der Waals surface area contributed by atoms with Gasteiger partial charge in [0.1, 0.15) is 5.82 Å². The standard InChI is InChI=1S/C13H18ClN5/c1-2-9-6-4-3-5-7-19(9)12-10-8-15-18-11(10)16-13(14)17-12/h8-9H,2-7H2,1H3,(H,15,16,17,18). The highest BCUT2D eigenvalue weighted by Crippen LogP contribution is 2.30. The fourth-order valence-electron chi connectivity index (χ4n) is 2.89. The van der Waals surface area contributed by atoms with Crippen LogP contribution in [-0.4, -0.2) is 32.8 Å². The highest BCUT2D eigenvalue weighted by molar-refractivity contribution is 6.28. The highest BCUT2D eigenvalue weighted by Gasteiger charge is 2.23. The molecule has 1 aliphatic rings. The summed E-state index contributed by atoms with van der Waals surface area (Å²) in [7, 11) is 0. The minimum absolute atomic E-state index is 0.283. The van der Waals surface area contributed by atoms with Gasteiger partial charge in [0, 0.05) is 12.6 Å². The molecule has 102 valence electrons. The molecule has 2 aromatic heterocycles. The van der Waals surface area contributed by atoms with E-state index in [1.807, 2.05) is 0 Å². The van der Waals surface area contributed by atoms with E-state index >= 15 is 0 Å². The van der Waals surface area contributed by atoms with Crippen LogP contribution in [0.3, 0.4) is 0 Å². The first kappa shape index (κ1) is 12.7. The second kappa shape index (κ2) is 5.33. The fraction of sp³-hybridized carbons (Fsp3) is 0.615. The van der Waals surface area contributed by atoms with Crippen molar-refractivity contribution in [1.29, 1.82) is 0 Å². The molecule has 0 radical (unpaired) electrons. The third-order valence-corrected chi connectivity index (χ3v) is 4.05. The number of nitrogens with one attached hydrogen (secondary N) is 1. The lowest BCUT2D eigenvalue weighted by Crippen LogP contribution is -2.35. The number of aromatic amines is 1. The molecule has 1 aliphatic heterocycles. The minimum atomic E-state index is 0.283. The molecule has 1 fully saturated rings. The van der Waals surface area contributed by atoms with Gasteiger partial charge in [-0.1, -0.05) is 19.8 Å². The molecule has 0 saturated carbocycles. The molecule has 3 heterocycles. The SMILES string of the molecule is CCC1CCCCCN1c1nc(Cl)nc2[nH]ncc12. The van der Waals surface area contributed by atoms with Crippen molar-refractivity contribution in [3.8, 4) is 0 Å². The van der Waals surface area contributed by atoms with Crippen LogP contribution < -0.4 is 4.90 Å². The van der Waals surface area contributed by atoms with E-state index in [1.165, 1.54) is 25.7 Å². The maximum absolute atomic E-state index is 6.04. The van der Waals surface area contributed by atoms with Gasteiger partial charge in [-0.25, -0.2) is 0 Å². The first-order valence-electron chi connectivity index (χ1n) is 6.93. The number of anilines is 1. The summed E-state index contributed by atoms with van der Waals surface area (Å²) in [6.07, 6.45) is 7.93. The van der Waals surface area contributed by atoms with E-state index in [1.54, 1.807) is 6.20 Å². The van der Waals surface area contributed by atoms with Gasteiger partial charge in [0.25, 0.3) is 0 Å². The predicted octanol–water partition coefficient (Wildman–Crippen LogP) is 3.17. The maximum Gasteiger partial charge on any atom is 0.226 e. The van der Waals surface area contributed by atoms with Crippen molar-refractivity contribution in [3.63, 3.8) is 0 Å². The Morgan fingerprint density at radius 3 is 3.11 bits per heavy atom. The van der Waals surface area contributed by atoms with E-state index in [2.05, 4.69) is 32.0 Å². The Bertz CT molecular complexity index is 567. The molecule has 5 nitrogen and oxygen atoms in total. The zero-order valence-electron chi connectivity index (χ0n) is 11.1. The van der Waals surface area contributed by atoms with Crippen LogP contribution in [0.1, 0.15) is 39.0 Å². The van der Waals surface area contributed by atoms with E-state index in [9.17, 15) is 0 Å². The fourth-order valence-corrected chi connectivity index (χ4v) is 3.06. The van der Waals surface area contributed by atoms with Gasteiger partial charge in [0.15, 0.2) is 5.65 Å². The molecule has 3 rings (SSSR count). The second-order valence-electron chi connectivity index (χ2n) is 5.05. The van der Waals surface area contributed by atoms with E-state index in [0.717, 1.165) is 24.2 Å². The van der Waals surface area contributed by atoms with Crippen LogP contribution in [0.5, 0.6) is 0 Å².